The minimum atomic E-state index is -0.479. The molecule has 1 fully saturated rings. The molecule has 1 unspecified atom stereocenters. The van der Waals surface area contributed by atoms with E-state index in [0.29, 0.717) is 0 Å². The fourth-order valence-corrected chi connectivity index (χ4v) is 3.01. The maximum Gasteiger partial charge on any atom is 0.407 e. The van der Waals surface area contributed by atoms with Crippen molar-refractivity contribution in [3.8, 4) is 0 Å². The number of benzene rings is 1. The van der Waals surface area contributed by atoms with Gasteiger partial charge in [-0.2, -0.15) is 0 Å². The summed E-state index contributed by atoms with van der Waals surface area (Å²) in [7, 11) is 1.37. The second-order valence-corrected chi connectivity index (χ2v) is 5.81. The van der Waals surface area contributed by atoms with Crippen molar-refractivity contribution in [2.45, 2.75) is 25.5 Å². The van der Waals surface area contributed by atoms with Crippen molar-refractivity contribution in [3.05, 3.63) is 28.2 Å². The van der Waals surface area contributed by atoms with E-state index in [4.69, 9.17) is 0 Å². The van der Waals surface area contributed by atoms with Gasteiger partial charge in [-0.15, -0.1) is 0 Å². The van der Waals surface area contributed by atoms with E-state index in [9.17, 15) is 9.90 Å². The molecule has 2 rings (SSSR count). The minimum absolute atomic E-state index is 0.103. The Hall–Kier alpha value is -1.27. The molecule has 6 heteroatoms. The summed E-state index contributed by atoms with van der Waals surface area (Å²) in [6.07, 6.45) is 0.0210. The van der Waals surface area contributed by atoms with Crippen LogP contribution in [0.4, 0.5) is 10.5 Å². The van der Waals surface area contributed by atoms with Crippen LogP contribution in [0.3, 0.4) is 0 Å². The molecule has 2 atom stereocenters. The molecule has 0 aliphatic carbocycles. The number of ether oxygens (including phenoxy) is 1. The monoisotopic (exact) mass is 342 g/mol. The van der Waals surface area contributed by atoms with Gasteiger partial charge in [0.2, 0.25) is 0 Å². The molecule has 1 saturated heterocycles. The lowest BCUT2D eigenvalue weighted by molar-refractivity contribution is 0.167. The standard InChI is InChI=1S/C14H19BrN2O3/c1-9(18)10-3-4-13(12(15)7-10)17-6-5-11(8-17)16-14(19)20-2/h3-4,7,9,11,18H,5-6,8H2,1-2H3,(H,16,19)/t9-,11?/m1/s1. The number of hydrogen-bond acceptors (Lipinski definition) is 4. The number of carbonyl (C=O) groups excluding carboxylic acids is 1. The number of anilines is 1. The van der Waals surface area contributed by atoms with Gasteiger partial charge in [-0.05, 0) is 47.0 Å². The number of amides is 1. The number of halogens is 1. The van der Waals surface area contributed by atoms with Gasteiger partial charge in [0.15, 0.2) is 0 Å². The van der Waals surface area contributed by atoms with Gasteiger partial charge >= 0.3 is 6.09 Å². The molecule has 1 heterocycles. The first kappa shape index (κ1) is 15.1. The third-order valence-corrected chi connectivity index (χ3v) is 4.13. The molecule has 1 aromatic rings. The maximum atomic E-state index is 11.2. The molecule has 0 radical (unpaired) electrons. The Balaban J connectivity index is 2.04. The Kier molecular flexibility index (Phi) is 4.88. The number of rotatable bonds is 3. The number of alkyl carbamates (subject to hydrolysis) is 1. The number of nitrogens with zero attached hydrogens (tertiary/aromatic N) is 1. The first-order chi connectivity index (χ1) is 9.51. The first-order valence-electron chi connectivity index (χ1n) is 6.58. The van der Waals surface area contributed by atoms with E-state index in [1.54, 1.807) is 6.92 Å². The molecule has 5 nitrogen and oxygen atoms in total. The lowest BCUT2D eigenvalue weighted by atomic mass is 10.1. The zero-order chi connectivity index (χ0) is 14.7. The summed E-state index contributed by atoms with van der Waals surface area (Å²) in [5.41, 5.74) is 1.95. The summed E-state index contributed by atoms with van der Waals surface area (Å²) < 4.78 is 5.57. The second-order valence-electron chi connectivity index (χ2n) is 4.95. The Labute approximate surface area is 127 Å². The van der Waals surface area contributed by atoms with Crippen LogP contribution < -0.4 is 10.2 Å². The normalized spacial score (nSPS) is 19.8. The van der Waals surface area contributed by atoms with Crippen LogP contribution in [0.15, 0.2) is 22.7 Å². The van der Waals surface area contributed by atoms with Gasteiger partial charge < -0.3 is 20.1 Å². The average Bonchev–Trinajstić information content (AvgIpc) is 2.86. The lowest BCUT2D eigenvalue weighted by Crippen LogP contribution is -2.37. The molecule has 110 valence electrons. The largest absolute Gasteiger partial charge is 0.453 e. The summed E-state index contributed by atoms with van der Waals surface area (Å²) in [5.74, 6) is 0. The average molecular weight is 343 g/mol. The van der Waals surface area contributed by atoms with Gasteiger partial charge in [-0.3, -0.25) is 0 Å². The number of carbonyl (C=O) groups is 1. The summed E-state index contributed by atoms with van der Waals surface area (Å²) in [5, 5.41) is 12.4. The zero-order valence-electron chi connectivity index (χ0n) is 11.6. The predicted octanol–water partition coefficient (Wildman–Crippen LogP) is 2.44. The van der Waals surface area contributed by atoms with Crippen molar-refractivity contribution in [3.63, 3.8) is 0 Å². The van der Waals surface area contributed by atoms with Crippen molar-refractivity contribution < 1.29 is 14.6 Å². The SMILES string of the molecule is COC(=O)NC1CCN(c2ccc([C@@H](C)O)cc2Br)C1. The number of hydrogen-bond donors (Lipinski definition) is 2. The number of methoxy groups -OCH3 is 1. The van der Waals surface area contributed by atoms with Crippen molar-refractivity contribution in [1.82, 2.24) is 5.32 Å². The molecular weight excluding hydrogens is 324 g/mol. The lowest BCUT2D eigenvalue weighted by Gasteiger charge is -2.21. The Morgan fingerprint density at radius 3 is 2.95 bits per heavy atom. The van der Waals surface area contributed by atoms with Crippen molar-refractivity contribution >= 4 is 27.7 Å². The quantitative estimate of drug-likeness (QED) is 0.885. The smallest absolute Gasteiger partial charge is 0.407 e. The van der Waals surface area contributed by atoms with Crippen LogP contribution in [-0.2, 0) is 4.74 Å². The van der Waals surface area contributed by atoms with Gasteiger partial charge in [0, 0.05) is 17.6 Å². The zero-order valence-corrected chi connectivity index (χ0v) is 13.2. The minimum Gasteiger partial charge on any atom is -0.453 e. The Morgan fingerprint density at radius 2 is 2.35 bits per heavy atom. The molecule has 1 aliphatic rings. The molecule has 2 N–H and O–H groups in total. The van der Waals surface area contributed by atoms with Crippen molar-refractivity contribution in [2.24, 2.45) is 0 Å². The van der Waals surface area contributed by atoms with E-state index in [0.717, 1.165) is 35.2 Å². The van der Waals surface area contributed by atoms with Crippen LogP contribution in [0.5, 0.6) is 0 Å². The fraction of sp³-hybridized carbons (Fsp3) is 0.500. The van der Waals surface area contributed by atoms with Crippen LogP contribution in [-0.4, -0.2) is 37.4 Å². The van der Waals surface area contributed by atoms with Crippen LogP contribution >= 0.6 is 15.9 Å². The first-order valence-corrected chi connectivity index (χ1v) is 7.37. The van der Waals surface area contributed by atoms with Crippen LogP contribution in [0, 0.1) is 0 Å². The van der Waals surface area contributed by atoms with Crippen molar-refractivity contribution in [1.29, 1.82) is 0 Å². The van der Waals surface area contributed by atoms with Gasteiger partial charge in [0.25, 0.3) is 0 Å². The van der Waals surface area contributed by atoms with E-state index in [1.165, 1.54) is 7.11 Å². The van der Waals surface area contributed by atoms with E-state index in [1.807, 2.05) is 18.2 Å². The highest BCUT2D eigenvalue weighted by molar-refractivity contribution is 9.10. The molecule has 0 bridgehead atoms. The highest BCUT2D eigenvalue weighted by atomic mass is 79.9. The van der Waals surface area contributed by atoms with Gasteiger partial charge in [0.05, 0.1) is 24.9 Å². The van der Waals surface area contributed by atoms with Gasteiger partial charge in [-0.25, -0.2) is 4.79 Å². The molecule has 20 heavy (non-hydrogen) atoms. The van der Waals surface area contributed by atoms with Gasteiger partial charge in [0.1, 0.15) is 0 Å². The molecule has 1 aliphatic heterocycles. The van der Waals surface area contributed by atoms with E-state index >= 15 is 0 Å². The number of nitrogens with one attached hydrogen (secondary N) is 1. The summed E-state index contributed by atoms with van der Waals surface area (Å²) in [6.45, 7) is 3.37. The molecule has 0 saturated carbocycles. The third-order valence-electron chi connectivity index (χ3n) is 3.49. The maximum absolute atomic E-state index is 11.2. The van der Waals surface area contributed by atoms with Crippen LogP contribution in [0.1, 0.15) is 25.0 Å². The fourth-order valence-electron chi connectivity index (χ4n) is 2.36. The van der Waals surface area contributed by atoms with E-state index in [2.05, 4.69) is 30.9 Å². The highest BCUT2D eigenvalue weighted by Gasteiger charge is 2.25. The topological polar surface area (TPSA) is 61.8 Å². The molecule has 0 aromatic heterocycles. The summed E-state index contributed by atoms with van der Waals surface area (Å²) >= 11 is 3.55. The molecular formula is C14H19BrN2O3. The number of aliphatic hydroxyl groups excluding tert-OH is 1. The number of aliphatic hydroxyl groups is 1. The van der Waals surface area contributed by atoms with Gasteiger partial charge in [-0.1, -0.05) is 6.07 Å². The molecule has 0 spiro atoms. The third kappa shape index (κ3) is 3.43. The second kappa shape index (κ2) is 6.45. The molecule has 1 aromatic carbocycles. The highest BCUT2D eigenvalue weighted by Crippen LogP contribution is 2.31. The van der Waals surface area contributed by atoms with E-state index < -0.39 is 6.10 Å². The Morgan fingerprint density at radius 1 is 1.60 bits per heavy atom. The predicted molar refractivity (Wildman–Crippen MR) is 80.9 cm³/mol. The molecule has 1 amide bonds. The van der Waals surface area contributed by atoms with Crippen LogP contribution in [0.25, 0.3) is 0 Å². The summed E-state index contributed by atoms with van der Waals surface area (Å²) in [4.78, 5) is 13.4. The van der Waals surface area contributed by atoms with E-state index in [-0.39, 0.29) is 12.1 Å². The van der Waals surface area contributed by atoms with Crippen molar-refractivity contribution in [2.75, 3.05) is 25.1 Å². The van der Waals surface area contributed by atoms with Crippen LogP contribution in [0.2, 0.25) is 0 Å². The Bertz CT molecular complexity index is 493. The summed E-state index contributed by atoms with van der Waals surface area (Å²) in [6, 6.07) is 5.95.